The number of nitrogens with zero attached hydrogens (tertiary/aromatic N) is 1. The fourth-order valence-electron chi connectivity index (χ4n) is 3.22. The smallest absolute Gasteiger partial charge is 0.255 e. The first-order chi connectivity index (χ1) is 14.5. The summed E-state index contributed by atoms with van der Waals surface area (Å²) in [5.74, 6) is -0.0565. The molecule has 0 atom stereocenters. The lowest BCUT2D eigenvalue weighted by molar-refractivity contribution is 0.411. The largest absolute Gasteiger partial charge is 0.495 e. The zero-order chi connectivity index (χ0) is 21.3. The van der Waals surface area contributed by atoms with Gasteiger partial charge in [0.25, 0.3) is 5.56 Å². The summed E-state index contributed by atoms with van der Waals surface area (Å²) in [6.45, 7) is 0. The summed E-state index contributed by atoms with van der Waals surface area (Å²) in [5, 5.41) is 0.276. The standard InChI is InChI=1S/C23H16BrF2NO2S/c1-29-20-11-16(24)17(25)12-19(20)27-18-8-9-21(23(26)15(18)7-10-22(27)28)30-13-14-5-3-2-4-6-14/h2-12H,13H2,1H3. The summed E-state index contributed by atoms with van der Waals surface area (Å²) in [6, 6.07) is 18.5. The fraction of sp³-hybridized carbons (Fsp3) is 0.0870. The van der Waals surface area contributed by atoms with Crippen molar-refractivity contribution in [1.82, 2.24) is 4.57 Å². The molecule has 0 radical (unpaired) electrons. The van der Waals surface area contributed by atoms with Crippen LogP contribution in [0.1, 0.15) is 5.56 Å². The van der Waals surface area contributed by atoms with Gasteiger partial charge in [0.1, 0.15) is 17.4 Å². The van der Waals surface area contributed by atoms with Crippen LogP contribution in [0.4, 0.5) is 8.78 Å². The van der Waals surface area contributed by atoms with E-state index in [9.17, 15) is 9.18 Å². The van der Waals surface area contributed by atoms with E-state index in [0.29, 0.717) is 21.9 Å². The maximum Gasteiger partial charge on any atom is 0.255 e. The van der Waals surface area contributed by atoms with Gasteiger partial charge in [-0.15, -0.1) is 11.8 Å². The molecule has 0 N–H and O–H groups in total. The summed E-state index contributed by atoms with van der Waals surface area (Å²) in [7, 11) is 1.43. The third-order valence-corrected chi connectivity index (χ3v) is 6.39. The van der Waals surface area contributed by atoms with Crippen molar-refractivity contribution in [3.05, 3.63) is 98.8 Å². The molecule has 0 amide bonds. The minimum atomic E-state index is -0.551. The minimum Gasteiger partial charge on any atom is -0.495 e. The Morgan fingerprint density at radius 3 is 2.53 bits per heavy atom. The van der Waals surface area contributed by atoms with Gasteiger partial charge in [0, 0.05) is 28.2 Å². The number of hydrogen-bond acceptors (Lipinski definition) is 3. The van der Waals surface area contributed by atoms with Gasteiger partial charge >= 0.3 is 0 Å². The van der Waals surface area contributed by atoms with E-state index in [0.717, 1.165) is 5.56 Å². The highest BCUT2D eigenvalue weighted by molar-refractivity contribution is 9.10. The monoisotopic (exact) mass is 487 g/mol. The number of pyridine rings is 1. The number of ether oxygens (including phenoxy) is 1. The van der Waals surface area contributed by atoms with Crippen LogP contribution in [0.5, 0.6) is 5.75 Å². The van der Waals surface area contributed by atoms with Crippen LogP contribution in [-0.4, -0.2) is 11.7 Å². The Labute approximate surface area is 184 Å². The second-order valence-electron chi connectivity index (χ2n) is 6.53. The Kier molecular flexibility index (Phi) is 5.92. The molecule has 1 aromatic heterocycles. The van der Waals surface area contributed by atoms with Gasteiger partial charge < -0.3 is 4.74 Å². The van der Waals surface area contributed by atoms with Gasteiger partial charge in [-0.2, -0.15) is 0 Å². The van der Waals surface area contributed by atoms with Crippen molar-refractivity contribution in [2.45, 2.75) is 10.6 Å². The van der Waals surface area contributed by atoms with Gasteiger partial charge in [0.15, 0.2) is 0 Å². The van der Waals surface area contributed by atoms with E-state index in [1.807, 2.05) is 30.3 Å². The van der Waals surface area contributed by atoms with Crippen molar-refractivity contribution in [2.75, 3.05) is 7.11 Å². The molecule has 0 aliphatic rings. The minimum absolute atomic E-state index is 0.206. The van der Waals surface area contributed by atoms with Crippen LogP contribution in [-0.2, 0) is 5.75 Å². The van der Waals surface area contributed by atoms with Crippen LogP contribution in [0, 0.1) is 11.6 Å². The highest BCUT2D eigenvalue weighted by Gasteiger charge is 2.17. The molecule has 30 heavy (non-hydrogen) atoms. The SMILES string of the molecule is COc1cc(Br)c(F)cc1-n1c(=O)ccc2c(F)c(SCc3ccccc3)ccc21. The number of rotatable bonds is 5. The molecule has 152 valence electrons. The van der Waals surface area contributed by atoms with Gasteiger partial charge in [-0.1, -0.05) is 30.3 Å². The van der Waals surface area contributed by atoms with E-state index in [4.69, 9.17) is 4.74 Å². The number of aromatic nitrogens is 1. The maximum absolute atomic E-state index is 15.3. The van der Waals surface area contributed by atoms with Gasteiger partial charge in [0.2, 0.25) is 0 Å². The lowest BCUT2D eigenvalue weighted by atomic mass is 10.1. The first-order valence-corrected chi connectivity index (χ1v) is 10.8. The third kappa shape index (κ3) is 3.87. The Bertz CT molecular complexity index is 1290. The van der Waals surface area contributed by atoms with Crippen LogP contribution in [0.15, 0.2) is 80.9 Å². The van der Waals surface area contributed by atoms with Crippen molar-refractivity contribution in [3.63, 3.8) is 0 Å². The van der Waals surface area contributed by atoms with Gasteiger partial charge in [-0.05, 0) is 45.8 Å². The summed E-state index contributed by atoms with van der Waals surface area (Å²) >= 11 is 4.49. The maximum atomic E-state index is 15.3. The Hall–Kier alpha value is -2.64. The number of methoxy groups -OCH3 is 1. The molecule has 0 saturated carbocycles. The van der Waals surface area contributed by atoms with Crippen LogP contribution in [0.2, 0.25) is 0 Å². The predicted molar refractivity (Wildman–Crippen MR) is 120 cm³/mol. The molecule has 0 aliphatic carbocycles. The first-order valence-electron chi connectivity index (χ1n) is 9.04. The molecule has 1 heterocycles. The van der Waals surface area contributed by atoms with Crippen molar-refractivity contribution >= 4 is 38.6 Å². The van der Waals surface area contributed by atoms with Crippen LogP contribution in [0.3, 0.4) is 0 Å². The van der Waals surface area contributed by atoms with E-state index in [-0.39, 0.29) is 15.5 Å². The molecule has 0 fully saturated rings. The summed E-state index contributed by atoms with van der Waals surface area (Å²) in [6.07, 6.45) is 0. The number of halogens is 3. The number of fused-ring (bicyclic) bond motifs is 1. The van der Waals surface area contributed by atoms with E-state index in [2.05, 4.69) is 15.9 Å². The van der Waals surface area contributed by atoms with Gasteiger partial charge in [-0.25, -0.2) is 8.78 Å². The second-order valence-corrected chi connectivity index (χ2v) is 8.40. The third-order valence-electron chi connectivity index (χ3n) is 4.68. The van der Waals surface area contributed by atoms with Crippen molar-refractivity contribution < 1.29 is 13.5 Å². The van der Waals surface area contributed by atoms with E-state index in [1.165, 1.54) is 47.7 Å². The predicted octanol–water partition coefficient (Wildman–Crippen LogP) is 6.33. The molecule has 3 nitrogen and oxygen atoms in total. The average Bonchev–Trinajstić information content (AvgIpc) is 2.75. The highest BCUT2D eigenvalue weighted by Crippen LogP contribution is 2.33. The normalized spacial score (nSPS) is 11.1. The van der Waals surface area contributed by atoms with E-state index in [1.54, 1.807) is 12.1 Å². The van der Waals surface area contributed by atoms with Crippen LogP contribution >= 0.6 is 27.7 Å². The molecule has 0 saturated heterocycles. The molecule has 0 spiro atoms. The number of hydrogen-bond donors (Lipinski definition) is 0. The van der Waals surface area contributed by atoms with Gasteiger partial charge in [-0.3, -0.25) is 9.36 Å². The van der Waals surface area contributed by atoms with Crippen LogP contribution in [0.25, 0.3) is 16.6 Å². The number of benzene rings is 3. The lowest BCUT2D eigenvalue weighted by Gasteiger charge is -2.16. The topological polar surface area (TPSA) is 31.2 Å². The molecule has 0 aliphatic heterocycles. The summed E-state index contributed by atoms with van der Waals surface area (Å²) < 4.78 is 36.3. The Balaban J connectivity index is 1.83. The molecule has 4 rings (SSSR count). The van der Waals surface area contributed by atoms with Crippen molar-refractivity contribution in [3.8, 4) is 11.4 Å². The molecule has 0 bridgehead atoms. The quantitative estimate of drug-likeness (QED) is 0.308. The summed E-state index contributed by atoms with van der Waals surface area (Å²) in [4.78, 5) is 13.1. The van der Waals surface area contributed by atoms with E-state index < -0.39 is 17.2 Å². The molecule has 4 aromatic rings. The average molecular weight is 488 g/mol. The van der Waals surface area contributed by atoms with Crippen molar-refractivity contribution in [2.24, 2.45) is 0 Å². The number of thioether (sulfide) groups is 1. The zero-order valence-corrected chi connectivity index (χ0v) is 18.3. The first kappa shape index (κ1) is 20.6. The lowest BCUT2D eigenvalue weighted by Crippen LogP contribution is -2.18. The molecule has 3 aromatic carbocycles. The molecule has 7 heteroatoms. The van der Waals surface area contributed by atoms with Crippen LogP contribution < -0.4 is 10.3 Å². The molecule has 0 unspecified atom stereocenters. The van der Waals surface area contributed by atoms with Crippen molar-refractivity contribution in [1.29, 1.82) is 0 Å². The molecular weight excluding hydrogens is 472 g/mol. The molecular formula is C23H16BrF2NO2S. The zero-order valence-electron chi connectivity index (χ0n) is 15.9. The highest BCUT2D eigenvalue weighted by atomic mass is 79.9. The van der Waals surface area contributed by atoms with Gasteiger partial charge in [0.05, 0.1) is 22.8 Å². The summed E-state index contributed by atoms with van der Waals surface area (Å²) in [5.41, 5.74) is 1.22. The Morgan fingerprint density at radius 2 is 1.80 bits per heavy atom. The second kappa shape index (κ2) is 8.62. The van der Waals surface area contributed by atoms with E-state index >= 15 is 4.39 Å². The fourth-order valence-corrected chi connectivity index (χ4v) is 4.45. The Morgan fingerprint density at radius 1 is 1.03 bits per heavy atom.